The minimum Gasteiger partial charge on any atom is -0.474 e. The first-order valence-electron chi connectivity index (χ1n) is 11.0. The Hall–Kier alpha value is -3.60. The van der Waals surface area contributed by atoms with Crippen molar-refractivity contribution in [2.75, 3.05) is 19.3 Å². The summed E-state index contributed by atoms with van der Waals surface area (Å²) in [6.07, 6.45) is 7.07. The van der Waals surface area contributed by atoms with Gasteiger partial charge < -0.3 is 14.4 Å². The average molecular weight is 501 g/mol. The third-order valence-corrected chi connectivity index (χ3v) is 6.79. The number of halogens is 1. The fraction of sp³-hybridized carbons (Fsp3) is 0.333. The topological polar surface area (TPSA) is 112 Å². The maximum atomic E-state index is 14.4. The average Bonchev–Trinajstić information content (AvgIpc) is 2.83. The second-order valence-electron chi connectivity index (χ2n) is 8.31. The van der Waals surface area contributed by atoms with Crippen molar-refractivity contribution >= 4 is 15.7 Å². The first-order chi connectivity index (χ1) is 16.7. The largest absolute Gasteiger partial charge is 0.474 e. The zero-order valence-corrected chi connectivity index (χ0v) is 20.2. The van der Waals surface area contributed by atoms with Crippen molar-refractivity contribution in [1.29, 1.82) is 0 Å². The molecule has 3 heterocycles. The highest BCUT2D eigenvalue weighted by molar-refractivity contribution is 7.90. The summed E-state index contributed by atoms with van der Waals surface area (Å²) in [4.78, 5) is 26.5. The van der Waals surface area contributed by atoms with E-state index < -0.39 is 15.7 Å². The molecule has 1 aromatic carbocycles. The van der Waals surface area contributed by atoms with E-state index in [1.165, 1.54) is 18.5 Å². The summed E-state index contributed by atoms with van der Waals surface area (Å²) in [5, 5.41) is 0. The van der Waals surface area contributed by atoms with Gasteiger partial charge in [0.1, 0.15) is 12.4 Å². The molecular weight excluding hydrogens is 475 g/mol. The van der Waals surface area contributed by atoms with Crippen molar-refractivity contribution in [2.45, 2.75) is 37.2 Å². The van der Waals surface area contributed by atoms with Crippen molar-refractivity contribution in [3.63, 3.8) is 0 Å². The zero-order valence-electron chi connectivity index (χ0n) is 19.3. The van der Waals surface area contributed by atoms with Crippen LogP contribution in [0, 0.1) is 12.7 Å². The van der Waals surface area contributed by atoms with Crippen molar-refractivity contribution < 1.29 is 27.1 Å². The number of benzene rings is 1. The highest BCUT2D eigenvalue weighted by atomic mass is 32.2. The monoisotopic (exact) mass is 500 g/mol. The summed E-state index contributed by atoms with van der Waals surface area (Å²) in [6, 6.07) is 7.10. The van der Waals surface area contributed by atoms with E-state index in [1.54, 1.807) is 19.3 Å². The van der Waals surface area contributed by atoms with E-state index >= 15 is 0 Å². The molecule has 0 N–H and O–H groups in total. The maximum absolute atomic E-state index is 14.4. The van der Waals surface area contributed by atoms with E-state index in [-0.39, 0.29) is 28.5 Å². The molecule has 0 saturated carbocycles. The van der Waals surface area contributed by atoms with Crippen LogP contribution in [-0.2, 0) is 21.1 Å². The Morgan fingerprint density at radius 1 is 1.17 bits per heavy atom. The molecule has 11 heteroatoms. The smallest absolute Gasteiger partial charge is 0.229 e. The molecule has 35 heavy (non-hydrogen) atoms. The van der Waals surface area contributed by atoms with Crippen LogP contribution in [0.3, 0.4) is 0 Å². The second-order valence-corrected chi connectivity index (χ2v) is 10.3. The number of ether oxygens (including phenoxy) is 2. The lowest BCUT2D eigenvalue weighted by Crippen LogP contribution is -2.42. The number of piperidine rings is 1. The number of aromatic nitrogens is 3. The van der Waals surface area contributed by atoms with Gasteiger partial charge in [-0.25, -0.2) is 22.8 Å². The van der Waals surface area contributed by atoms with Gasteiger partial charge in [-0.2, -0.15) is 0 Å². The molecule has 0 spiro atoms. The Labute approximate surface area is 202 Å². The lowest BCUT2D eigenvalue weighted by Gasteiger charge is -2.32. The van der Waals surface area contributed by atoms with Crippen LogP contribution in [0.1, 0.15) is 24.0 Å². The summed E-state index contributed by atoms with van der Waals surface area (Å²) in [7, 11) is -3.54. The number of pyridine rings is 1. The number of hydrogen-bond donors (Lipinski definition) is 0. The van der Waals surface area contributed by atoms with Gasteiger partial charge in [0.05, 0.1) is 16.9 Å². The molecule has 1 amide bonds. The fourth-order valence-electron chi connectivity index (χ4n) is 3.71. The van der Waals surface area contributed by atoms with Gasteiger partial charge in [-0.3, -0.25) is 9.78 Å². The van der Waals surface area contributed by atoms with Gasteiger partial charge in [0.2, 0.25) is 17.7 Å². The number of rotatable bonds is 7. The zero-order chi connectivity index (χ0) is 25.0. The molecule has 4 rings (SSSR count). The quantitative estimate of drug-likeness (QED) is 0.487. The normalized spacial score (nSPS) is 14.5. The molecule has 0 atom stereocenters. The molecule has 0 radical (unpaired) electrons. The lowest BCUT2D eigenvalue weighted by molar-refractivity contribution is -0.132. The van der Waals surface area contributed by atoms with Gasteiger partial charge in [0.25, 0.3) is 0 Å². The van der Waals surface area contributed by atoms with Crippen molar-refractivity contribution in [3.05, 3.63) is 66.0 Å². The van der Waals surface area contributed by atoms with E-state index in [0.29, 0.717) is 43.8 Å². The van der Waals surface area contributed by atoms with Crippen LogP contribution in [0.5, 0.6) is 17.5 Å². The number of hydrogen-bond acceptors (Lipinski definition) is 8. The molecule has 1 saturated heterocycles. The molecule has 0 aliphatic carbocycles. The predicted octanol–water partition coefficient (Wildman–Crippen LogP) is 3.13. The Morgan fingerprint density at radius 2 is 1.91 bits per heavy atom. The predicted molar refractivity (Wildman–Crippen MR) is 125 cm³/mol. The lowest BCUT2D eigenvalue weighted by atomic mass is 10.1. The van der Waals surface area contributed by atoms with Crippen LogP contribution in [-0.4, -0.2) is 59.6 Å². The third kappa shape index (κ3) is 6.10. The number of amides is 1. The molecule has 1 aliphatic rings. The van der Waals surface area contributed by atoms with Gasteiger partial charge >= 0.3 is 0 Å². The summed E-state index contributed by atoms with van der Waals surface area (Å²) in [5.74, 6) is -0.523. The highest BCUT2D eigenvalue weighted by Crippen LogP contribution is 2.31. The summed E-state index contributed by atoms with van der Waals surface area (Å²) < 4.78 is 49.3. The van der Waals surface area contributed by atoms with Crippen LogP contribution in [0.25, 0.3) is 0 Å². The molecule has 1 fully saturated rings. The van der Waals surface area contributed by atoms with Crippen LogP contribution >= 0.6 is 0 Å². The van der Waals surface area contributed by atoms with Crippen molar-refractivity contribution in [2.24, 2.45) is 0 Å². The van der Waals surface area contributed by atoms with E-state index in [9.17, 15) is 17.6 Å². The molecule has 3 aromatic rings. The molecule has 0 unspecified atom stereocenters. The van der Waals surface area contributed by atoms with Gasteiger partial charge in [-0.15, -0.1) is 0 Å². The minimum atomic E-state index is -3.54. The second kappa shape index (κ2) is 10.3. The fourth-order valence-corrected chi connectivity index (χ4v) is 4.34. The number of carbonyl (C=O) groups is 1. The first kappa shape index (κ1) is 24.5. The van der Waals surface area contributed by atoms with Gasteiger partial charge in [0, 0.05) is 44.6 Å². The van der Waals surface area contributed by atoms with Gasteiger partial charge in [0.15, 0.2) is 21.4 Å². The molecule has 9 nitrogen and oxygen atoms in total. The van der Waals surface area contributed by atoms with Gasteiger partial charge in [-0.1, -0.05) is 6.07 Å². The minimum absolute atomic E-state index is 0.0503. The van der Waals surface area contributed by atoms with E-state index in [2.05, 4.69) is 15.0 Å². The maximum Gasteiger partial charge on any atom is 0.229 e. The van der Waals surface area contributed by atoms with E-state index in [1.807, 2.05) is 17.0 Å². The standard InChI is InChI=1S/C24H25FN4O5S/c1-16-23(27-15-28-24(16)34-21-6-5-19(13-20(21)25)35(2,31)32)33-18-7-10-29(11-8-18)22(30)12-17-4-3-9-26-14-17/h3-6,9,13-15,18H,7-8,10-12H2,1-2H3. The number of carbonyl (C=O) groups excluding carboxylic acids is 1. The molecule has 0 bridgehead atoms. The molecular formula is C24H25FN4O5S. The van der Waals surface area contributed by atoms with Crippen LogP contribution < -0.4 is 9.47 Å². The Balaban J connectivity index is 1.37. The summed E-state index contributed by atoms with van der Waals surface area (Å²) >= 11 is 0. The van der Waals surface area contributed by atoms with Gasteiger partial charge in [-0.05, 0) is 36.8 Å². The van der Waals surface area contributed by atoms with E-state index in [4.69, 9.17) is 9.47 Å². The van der Waals surface area contributed by atoms with Crippen LogP contribution in [0.4, 0.5) is 4.39 Å². The Morgan fingerprint density at radius 3 is 2.57 bits per heavy atom. The molecule has 2 aromatic heterocycles. The van der Waals surface area contributed by atoms with Crippen LogP contribution in [0.2, 0.25) is 0 Å². The summed E-state index contributed by atoms with van der Waals surface area (Å²) in [6.45, 7) is 2.82. The number of likely N-dealkylation sites (tertiary alicyclic amines) is 1. The Kier molecular flexibility index (Phi) is 7.25. The van der Waals surface area contributed by atoms with E-state index in [0.717, 1.165) is 17.9 Å². The summed E-state index contributed by atoms with van der Waals surface area (Å²) in [5.41, 5.74) is 1.36. The first-order valence-corrected chi connectivity index (χ1v) is 12.9. The SMILES string of the molecule is Cc1c(Oc2ccc(S(C)(=O)=O)cc2F)ncnc1OC1CCN(C(=O)Cc2cccnc2)CC1. The number of sulfone groups is 1. The van der Waals surface area contributed by atoms with Crippen LogP contribution in [0.15, 0.2) is 53.9 Å². The third-order valence-electron chi connectivity index (χ3n) is 5.68. The van der Waals surface area contributed by atoms with Crippen molar-refractivity contribution in [3.8, 4) is 17.5 Å². The molecule has 1 aliphatic heterocycles. The Bertz CT molecular complexity index is 1310. The molecule has 184 valence electrons. The van der Waals surface area contributed by atoms with Crippen molar-refractivity contribution in [1.82, 2.24) is 19.9 Å². The number of nitrogens with zero attached hydrogens (tertiary/aromatic N) is 4. The highest BCUT2D eigenvalue weighted by Gasteiger charge is 2.25.